The lowest BCUT2D eigenvalue weighted by atomic mass is 9.81. The van der Waals surface area contributed by atoms with Gasteiger partial charge >= 0.3 is 0 Å². The zero-order chi connectivity index (χ0) is 15.8. The second-order valence-corrected chi connectivity index (χ2v) is 7.11. The molecule has 0 bridgehead atoms. The van der Waals surface area contributed by atoms with Crippen LogP contribution in [0.25, 0.3) is 0 Å². The Bertz CT molecular complexity index is 546. The quantitative estimate of drug-likeness (QED) is 0.902. The molecule has 0 aromatic carbocycles. The fourth-order valence-corrected chi connectivity index (χ4v) is 2.46. The Labute approximate surface area is 125 Å². The van der Waals surface area contributed by atoms with Gasteiger partial charge in [0, 0.05) is 18.9 Å². The molecule has 1 aromatic rings. The maximum atomic E-state index is 12.8. The molecule has 1 aromatic heterocycles. The van der Waals surface area contributed by atoms with Crippen LogP contribution >= 0.6 is 0 Å². The lowest BCUT2D eigenvalue weighted by Crippen LogP contribution is -2.70. The van der Waals surface area contributed by atoms with Crippen LogP contribution in [-0.4, -0.2) is 33.3 Å². The number of nitrogens with one attached hydrogen (secondary N) is 1. The second kappa shape index (κ2) is 5.13. The molecule has 1 unspecified atom stereocenters. The lowest BCUT2D eigenvalue weighted by Gasteiger charge is -2.47. The van der Waals surface area contributed by atoms with Crippen molar-refractivity contribution in [2.45, 2.75) is 52.7 Å². The number of nitrogens with zero attached hydrogens (tertiary/aromatic N) is 2. The molecule has 21 heavy (non-hydrogen) atoms. The first-order valence-electron chi connectivity index (χ1n) is 7.15. The molecule has 0 radical (unpaired) electrons. The summed E-state index contributed by atoms with van der Waals surface area (Å²) in [6.45, 7) is 9.84. The number of carbonyl (C=O) groups is 2. The van der Waals surface area contributed by atoms with E-state index in [2.05, 4.69) is 10.3 Å². The van der Waals surface area contributed by atoms with Crippen LogP contribution < -0.4 is 5.32 Å². The number of hydrogen-bond donors (Lipinski definition) is 1. The van der Waals surface area contributed by atoms with E-state index in [4.69, 9.17) is 0 Å². The van der Waals surface area contributed by atoms with Gasteiger partial charge < -0.3 is 10.2 Å². The van der Waals surface area contributed by atoms with E-state index in [0.717, 1.165) is 5.56 Å². The third-order valence-electron chi connectivity index (χ3n) is 3.97. The first-order chi connectivity index (χ1) is 9.64. The Morgan fingerprint density at radius 3 is 2.33 bits per heavy atom. The van der Waals surface area contributed by atoms with Crippen molar-refractivity contribution in [1.29, 1.82) is 0 Å². The number of rotatable bonds is 2. The molecular formula is C16H23N3O2. The van der Waals surface area contributed by atoms with Crippen LogP contribution in [0.3, 0.4) is 0 Å². The van der Waals surface area contributed by atoms with Crippen LogP contribution in [0.15, 0.2) is 24.5 Å². The molecule has 0 spiro atoms. The van der Waals surface area contributed by atoms with E-state index in [1.807, 2.05) is 32.9 Å². The Morgan fingerprint density at radius 2 is 1.81 bits per heavy atom. The number of carbonyl (C=O) groups excluding carboxylic acids is 2. The van der Waals surface area contributed by atoms with Crippen LogP contribution in [0.4, 0.5) is 0 Å². The predicted molar refractivity (Wildman–Crippen MR) is 80.3 cm³/mol. The molecule has 0 saturated carbocycles. The first-order valence-corrected chi connectivity index (χ1v) is 7.15. The van der Waals surface area contributed by atoms with Gasteiger partial charge in [0.2, 0.25) is 11.8 Å². The van der Waals surface area contributed by atoms with Gasteiger partial charge in [-0.25, -0.2) is 0 Å². The van der Waals surface area contributed by atoms with E-state index in [9.17, 15) is 9.59 Å². The van der Waals surface area contributed by atoms with E-state index in [0.29, 0.717) is 6.54 Å². The van der Waals surface area contributed by atoms with Gasteiger partial charge in [0.25, 0.3) is 0 Å². The van der Waals surface area contributed by atoms with Crippen LogP contribution in [0.1, 0.15) is 40.2 Å². The van der Waals surface area contributed by atoms with Crippen molar-refractivity contribution in [2.24, 2.45) is 5.41 Å². The molecule has 2 amide bonds. The highest BCUT2D eigenvalue weighted by molar-refractivity contribution is 5.99. The van der Waals surface area contributed by atoms with Crippen LogP contribution in [-0.2, 0) is 16.1 Å². The molecule has 1 N–H and O–H groups in total. The standard InChI is InChI=1S/C16H23N3O2/c1-15(2,3)12-13(20)19(16(4,5)14(21)18-12)10-11-6-8-17-9-7-11/h6-9,12H,10H2,1-5H3,(H,18,21). The zero-order valence-corrected chi connectivity index (χ0v) is 13.3. The minimum absolute atomic E-state index is 0.0380. The lowest BCUT2D eigenvalue weighted by molar-refractivity contribution is -0.159. The molecule has 5 nitrogen and oxygen atoms in total. The Balaban J connectivity index is 2.34. The van der Waals surface area contributed by atoms with Gasteiger partial charge in [0.05, 0.1) is 0 Å². The number of hydrogen-bond acceptors (Lipinski definition) is 3. The molecular weight excluding hydrogens is 266 g/mol. The van der Waals surface area contributed by atoms with Crippen LogP contribution in [0.5, 0.6) is 0 Å². The Kier molecular flexibility index (Phi) is 3.78. The zero-order valence-electron chi connectivity index (χ0n) is 13.3. The highest BCUT2D eigenvalue weighted by Crippen LogP contribution is 2.30. The Hall–Kier alpha value is -1.91. The van der Waals surface area contributed by atoms with E-state index < -0.39 is 11.6 Å². The topological polar surface area (TPSA) is 62.3 Å². The summed E-state index contributed by atoms with van der Waals surface area (Å²) in [6, 6.07) is 3.23. The third-order valence-corrected chi connectivity index (χ3v) is 3.97. The fraction of sp³-hybridized carbons (Fsp3) is 0.562. The van der Waals surface area contributed by atoms with Crippen molar-refractivity contribution < 1.29 is 9.59 Å². The molecule has 1 atom stereocenters. The van der Waals surface area contributed by atoms with E-state index in [1.165, 1.54) is 0 Å². The molecule has 5 heteroatoms. The number of pyridine rings is 1. The maximum Gasteiger partial charge on any atom is 0.246 e. The minimum atomic E-state index is -0.859. The average Bonchev–Trinajstić information content (AvgIpc) is 2.39. The smallest absolute Gasteiger partial charge is 0.246 e. The first kappa shape index (κ1) is 15.5. The van der Waals surface area contributed by atoms with Crippen molar-refractivity contribution in [1.82, 2.24) is 15.2 Å². The highest BCUT2D eigenvalue weighted by atomic mass is 16.2. The molecule has 1 fully saturated rings. The minimum Gasteiger partial charge on any atom is -0.342 e. The molecule has 2 rings (SSSR count). The van der Waals surface area contributed by atoms with Crippen molar-refractivity contribution in [3.05, 3.63) is 30.1 Å². The summed E-state index contributed by atoms with van der Waals surface area (Å²) in [5.74, 6) is -0.153. The van der Waals surface area contributed by atoms with Crippen molar-refractivity contribution in [3.63, 3.8) is 0 Å². The number of piperazine rings is 1. The van der Waals surface area contributed by atoms with Gasteiger partial charge in [-0.05, 0) is 37.0 Å². The summed E-state index contributed by atoms with van der Waals surface area (Å²) < 4.78 is 0. The molecule has 2 heterocycles. The van der Waals surface area contributed by atoms with Gasteiger partial charge in [-0.15, -0.1) is 0 Å². The predicted octanol–water partition coefficient (Wildman–Crippen LogP) is 1.73. The normalized spacial score (nSPS) is 22.1. The monoisotopic (exact) mass is 289 g/mol. The maximum absolute atomic E-state index is 12.8. The second-order valence-electron chi connectivity index (χ2n) is 7.11. The summed E-state index contributed by atoms with van der Waals surface area (Å²) >= 11 is 0. The van der Waals surface area contributed by atoms with E-state index in [-0.39, 0.29) is 17.2 Å². The number of amides is 2. The van der Waals surface area contributed by atoms with Gasteiger partial charge in [0.15, 0.2) is 0 Å². The molecule has 0 aliphatic carbocycles. The largest absolute Gasteiger partial charge is 0.342 e. The SMILES string of the molecule is CC(C)(C)C1NC(=O)C(C)(C)N(Cc2ccncc2)C1=O. The number of aromatic nitrogens is 1. The van der Waals surface area contributed by atoms with E-state index in [1.54, 1.807) is 31.1 Å². The van der Waals surface area contributed by atoms with Gasteiger partial charge in [-0.3, -0.25) is 14.6 Å². The summed E-state index contributed by atoms with van der Waals surface area (Å²) in [5, 5.41) is 2.87. The molecule has 1 saturated heterocycles. The molecule has 114 valence electrons. The van der Waals surface area contributed by atoms with Crippen molar-refractivity contribution in [3.8, 4) is 0 Å². The molecule has 1 aliphatic heterocycles. The van der Waals surface area contributed by atoms with Gasteiger partial charge in [-0.1, -0.05) is 20.8 Å². The summed E-state index contributed by atoms with van der Waals surface area (Å²) in [4.78, 5) is 30.9. The molecule has 1 aliphatic rings. The van der Waals surface area contributed by atoms with Crippen molar-refractivity contribution in [2.75, 3.05) is 0 Å². The third kappa shape index (κ3) is 2.91. The van der Waals surface area contributed by atoms with Gasteiger partial charge in [0.1, 0.15) is 11.6 Å². The van der Waals surface area contributed by atoms with Crippen LogP contribution in [0, 0.1) is 5.41 Å². The van der Waals surface area contributed by atoms with Gasteiger partial charge in [-0.2, -0.15) is 0 Å². The summed E-state index contributed by atoms with van der Waals surface area (Å²) in [6.07, 6.45) is 3.39. The van der Waals surface area contributed by atoms with E-state index >= 15 is 0 Å². The van der Waals surface area contributed by atoms with Crippen molar-refractivity contribution >= 4 is 11.8 Å². The fourth-order valence-electron chi connectivity index (χ4n) is 2.46. The van der Waals surface area contributed by atoms with Crippen LogP contribution in [0.2, 0.25) is 0 Å². The summed E-state index contributed by atoms with van der Waals surface area (Å²) in [7, 11) is 0. The Morgan fingerprint density at radius 1 is 1.24 bits per heavy atom. The average molecular weight is 289 g/mol. The highest BCUT2D eigenvalue weighted by Gasteiger charge is 2.49. The summed E-state index contributed by atoms with van der Waals surface area (Å²) in [5.41, 5.74) is -0.212.